The fourth-order valence-corrected chi connectivity index (χ4v) is 2.42. The molecular formula is C18H19N3O2. The van der Waals surface area contributed by atoms with Gasteiger partial charge in [-0.2, -0.15) is 0 Å². The monoisotopic (exact) mass is 309 g/mol. The van der Waals surface area contributed by atoms with Crippen molar-refractivity contribution in [2.45, 2.75) is 25.3 Å². The largest absolute Gasteiger partial charge is 0.469 e. The minimum absolute atomic E-state index is 0.186. The molecule has 5 heteroatoms. The molecule has 0 heterocycles. The molecule has 0 fully saturated rings. The summed E-state index contributed by atoms with van der Waals surface area (Å²) in [7, 11) is 1.40. The zero-order valence-corrected chi connectivity index (χ0v) is 13.1. The molecule has 1 atom stereocenters. The number of methoxy groups -OCH3 is 1. The number of aryl methyl sites for hydroxylation is 1. The maximum atomic E-state index is 11.1. The molecule has 5 nitrogen and oxygen atoms in total. The molecule has 0 bridgehead atoms. The number of carbonyl (C=O) groups is 1. The van der Waals surface area contributed by atoms with Crippen molar-refractivity contribution in [2.75, 3.05) is 7.11 Å². The van der Waals surface area contributed by atoms with Gasteiger partial charge in [-0.05, 0) is 35.1 Å². The zero-order chi connectivity index (χ0) is 16.5. The van der Waals surface area contributed by atoms with Gasteiger partial charge in [-0.15, -0.1) is 0 Å². The van der Waals surface area contributed by atoms with Crippen LogP contribution in [0.1, 0.15) is 35.6 Å². The highest BCUT2D eigenvalue weighted by atomic mass is 16.5. The van der Waals surface area contributed by atoms with Gasteiger partial charge in [0.15, 0.2) is 0 Å². The summed E-state index contributed by atoms with van der Waals surface area (Å²) in [6.45, 7) is 0. The van der Waals surface area contributed by atoms with Crippen LogP contribution < -0.4 is 0 Å². The third-order valence-electron chi connectivity index (χ3n) is 3.65. The van der Waals surface area contributed by atoms with Crippen LogP contribution in [0.15, 0.2) is 59.7 Å². The number of nitrogens with zero attached hydrogens (tertiary/aromatic N) is 3. The topological polar surface area (TPSA) is 75.1 Å². The number of azide groups is 1. The number of rotatable bonds is 7. The van der Waals surface area contributed by atoms with E-state index in [0.717, 1.165) is 29.5 Å². The Kier molecular flexibility index (Phi) is 6.21. The Morgan fingerprint density at radius 3 is 2.39 bits per heavy atom. The van der Waals surface area contributed by atoms with Crippen molar-refractivity contribution in [1.82, 2.24) is 0 Å². The molecule has 2 aromatic rings. The van der Waals surface area contributed by atoms with E-state index in [2.05, 4.69) is 14.8 Å². The molecule has 0 unspecified atom stereocenters. The Bertz CT molecular complexity index is 677. The lowest BCUT2D eigenvalue weighted by molar-refractivity contribution is -0.140. The number of benzene rings is 2. The molecule has 0 aliphatic heterocycles. The Labute approximate surface area is 135 Å². The van der Waals surface area contributed by atoms with Crippen LogP contribution in [0.4, 0.5) is 0 Å². The van der Waals surface area contributed by atoms with Gasteiger partial charge >= 0.3 is 5.97 Å². The molecule has 2 rings (SSSR count). The smallest absolute Gasteiger partial charge is 0.305 e. The molecule has 2 aromatic carbocycles. The predicted molar refractivity (Wildman–Crippen MR) is 88.8 cm³/mol. The normalized spacial score (nSPS) is 11.3. The first kappa shape index (κ1) is 16.6. The maximum absolute atomic E-state index is 11.1. The van der Waals surface area contributed by atoms with Gasteiger partial charge in [0.2, 0.25) is 0 Å². The van der Waals surface area contributed by atoms with E-state index < -0.39 is 0 Å². The molecule has 0 aromatic heterocycles. The van der Waals surface area contributed by atoms with Crippen LogP contribution >= 0.6 is 0 Å². The standard InChI is InChI=1S/C18H19N3O2/c1-23-17(22)9-5-6-14-10-12-16(13-11-14)18(20-21-19)15-7-3-2-4-8-15/h2-4,7-8,10-13,18H,5-6,9H2,1H3/t18-/m0/s1. The van der Waals surface area contributed by atoms with Crippen molar-refractivity contribution in [3.05, 3.63) is 81.7 Å². The molecule has 0 saturated carbocycles. The highest BCUT2D eigenvalue weighted by Crippen LogP contribution is 2.26. The maximum Gasteiger partial charge on any atom is 0.305 e. The second kappa shape index (κ2) is 8.61. The number of ether oxygens (including phenoxy) is 1. The van der Waals surface area contributed by atoms with Crippen molar-refractivity contribution >= 4 is 5.97 Å². The van der Waals surface area contributed by atoms with E-state index in [9.17, 15) is 4.79 Å². The summed E-state index contributed by atoms with van der Waals surface area (Å²) in [5.41, 5.74) is 11.9. The van der Waals surface area contributed by atoms with Gasteiger partial charge in [0.1, 0.15) is 0 Å². The van der Waals surface area contributed by atoms with Gasteiger partial charge in [0.25, 0.3) is 0 Å². The van der Waals surface area contributed by atoms with Crippen LogP contribution in [-0.2, 0) is 16.0 Å². The summed E-state index contributed by atoms with van der Waals surface area (Å²) in [5.74, 6) is -0.186. The van der Waals surface area contributed by atoms with Crippen LogP contribution in [0.25, 0.3) is 10.4 Å². The molecule has 0 saturated heterocycles. The molecule has 0 amide bonds. The van der Waals surface area contributed by atoms with Crippen LogP contribution in [0.2, 0.25) is 0 Å². The summed E-state index contributed by atoms with van der Waals surface area (Å²) in [5, 5.41) is 3.91. The van der Waals surface area contributed by atoms with Crippen LogP contribution in [-0.4, -0.2) is 13.1 Å². The molecule has 23 heavy (non-hydrogen) atoms. The number of esters is 1. The minimum atomic E-state index is -0.328. The Balaban J connectivity index is 2.07. The highest BCUT2D eigenvalue weighted by molar-refractivity contribution is 5.69. The third kappa shape index (κ3) is 4.87. The number of hydrogen-bond donors (Lipinski definition) is 0. The first-order valence-corrected chi connectivity index (χ1v) is 7.49. The van der Waals surface area contributed by atoms with Crippen molar-refractivity contribution in [3.63, 3.8) is 0 Å². The second-order valence-corrected chi connectivity index (χ2v) is 5.19. The van der Waals surface area contributed by atoms with E-state index in [-0.39, 0.29) is 12.0 Å². The zero-order valence-electron chi connectivity index (χ0n) is 13.1. The average molecular weight is 309 g/mol. The quantitative estimate of drug-likeness (QED) is 0.325. The highest BCUT2D eigenvalue weighted by Gasteiger charge is 2.11. The van der Waals surface area contributed by atoms with Gasteiger partial charge in [0.05, 0.1) is 13.2 Å². The van der Waals surface area contributed by atoms with Gasteiger partial charge in [-0.3, -0.25) is 4.79 Å². The molecule has 0 aliphatic carbocycles. The summed E-state index contributed by atoms with van der Waals surface area (Å²) in [4.78, 5) is 14.1. The molecule has 118 valence electrons. The van der Waals surface area contributed by atoms with E-state index in [1.165, 1.54) is 7.11 Å². The summed E-state index contributed by atoms with van der Waals surface area (Å²) < 4.78 is 4.63. The number of carbonyl (C=O) groups excluding carboxylic acids is 1. The summed E-state index contributed by atoms with van der Waals surface area (Å²) in [6, 6.07) is 17.3. The molecular weight excluding hydrogens is 290 g/mol. The SMILES string of the molecule is COC(=O)CCCc1ccc([C@@H](N=[N+]=[N-])c2ccccc2)cc1. The fourth-order valence-electron chi connectivity index (χ4n) is 2.42. The van der Waals surface area contributed by atoms with Gasteiger partial charge in [-0.1, -0.05) is 59.7 Å². The van der Waals surface area contributed by atoms with Crippen LogP contribution in [0, 0.1) is 0 Å². The molecule has 0 spiro atoms. The molecule has 0 radical (unpaired) electrons. The van der Waals surface area contributed by atoms with Gasteiger partial charge < -0.3 is 4.74 Å². The van der Waals surface area contributed by atoms with Crippen LogP contribution in [0.5, 0.6) is 0 Å². The first-order valence-electron chi connectivity index (χ1n) is 7.49. The lowest BCUT2D eigenvalue weighted by Gasteiger charge is -2.12. The fraction of sp³-hybridized carbons (Fsp3) is 0.278. The Hall–Kier alpha value is -2.78. The van der Waals surface area contributed by atoms with E-state index >= 15 is 0 Å². The summed E-state index contributed by atoms with van der Waals surface area (Å²) >= 11 is 0. The summed E-state index contributed by atoms with van der Waals surface area (Å²) in [6.07, 6.45) is 1.99. The molecule has 0 aliphatic rings. The van der Waals surface area contributed by atoms with Crippen molar-refractivity contribution in [1.29, 1.82) is 0 Å². The van der Waals surface area contributed by atoms with Crippen molar-refractivity contribution in [2.24, 2.45) is 5.11 Å². The lowest BCUT2D eigenvalue weighted by Crippen LogP contribution is -2.01. The number of hydrogen-bond acceptors (Lipinski definition) is 3. The van der Waals surface area contributed by atoms with E-state index in [4.69, 9.17) is 5.53 Å². The van der Waals surface area contributed by atoms with E-state index in [1.54, 1.807) is 0 Å². The van der Waals surface area contributed by atoms with Crippen LogP contribution in [0.3, 0.4) is 0 Å². The Morgan fingerprint density at radius 1 is 1.13 bits per heavy atom. The van der Waals surface area contributed by atoms with E-state index in [0.29, 0.717) is 6.42 Å². The second-order valence-electron chi connectivity index (χ2n) is 5.19. The third-order valence-corrected chi connectivity index (χ3v) is 3.65. The minimum Gasteiger partial charge on any atom is -0.469 e. The Morgan fingerprint density at radius 2 is 1.78 bits per heavy atom. The van der Waals surface area contributed by atoms with Gasteiger partial charge in [0, 0.05) is 11.3 Å². The van der Waals surface area contributed by atoms with Gasteiger partial charge in [-0.25, -0.2) is 0 Å². The average Bonchev–Trinajstić information content (AvgIpc) is 2.61. The van der Waals surface area contributed by atoms with Crippen molar-refractivity contribution < 1.29 is 9.53 Å². The van der Waals surface area contributed by atoms with Crippen molar-refractivity contribution in [3.8, 4) is 0 Å². The first-order chi connectivity index (χ1) is 11.2. The lowest BCUT2D eigenvalue weighted by atomic mass is 9.97. The molecule has 0 N–H and O–H groups in total. The predicted octanol–water partition coefficient (Wildman–Crippen LogP) is 4.58. The van der Waals surface area contributed by atoms with E-state index in [1.807, 2.05) is 54.6 Å².